The zero-order valence-electron chi connectivity index (χ0n) is 63.6. The second-order valence-corrected chi connectivity index (χ2v) is 29.9. The van der Waals surface area contributed by atoms with E-state index in [1.54, 1.807) is 0 Å². The Morgan fingerprint density at radius 3 is 0.770 bits per heavy atom. The van der Waals surface area contributed by atoms with E-state index in [0.717, 1.165) is 167 Å². The highest BCUT2D eigenvalue weighted by Crippen LogP contribution is 2.45. The van der Waals surface area contributed by atoms with Crippen molar-refractivity contribution < 1.29 is 80.2 Å². The Kier molecular flexibility index (Phi) is 71.2. The van der Waals surface area contributed by atoms with E-state index in [9.17, 15) is 43.2 Å². The van der Waals surface area contributed by atoms with Gasteiger partial charge in [0.1, 0.15) is 19.3 Å². The van der Waals surface area contributed by atoms with Crippen molar-refractivity contribution in [3.05, 3.63) is 72.9 Å². The summed E-state index contributed by atoms with van der Waals surface area (Å²) < 4.78 is 68.6. The number of carbonyl (C=O) groups is 4. The number of rotatable bonds is 76. The molecule has 0 bridgehead atoms. The molecular formula is C81H146O17P2. The van der Waals surface area contributed by atoms with Crippen molar-refractivity contribution in [1.29, 1.82) is 0 Å². The first-order chi connectivity index (χ1) is 48.7. The quantitative estimate of drug-likeness (QED) is 0.0169. The van der Waals surface area contributed by atoms with Gasteiger partial charge in [0.05, 0.1) is 26.4 Å². The number of hydrogen-bond acceptors (Lipinski definition) is 15. The Bertz CT molecular complexity index is 2180. The van der Waals surface area contributed by atoms with Crippen LogP contribution in [0.3, 0.4) is 0 Å². The molecule has 3 N–H and O–H groups in total. The Hall–Kier alpha value is -3.50. The maximum absolute atomic E-state index is 13.1. The van der Waals surface area contributed by atoms with E-state index >= 15 is 0 Å². The summed E-state index contributed by atoms with van der Waals surface area (Å²) in [4.78, 5) is 73.0. The number of aliphatic hydroxyl groups is 1. The monoisotopic (exact) mass is 1450 g/mol. The van der Waals surface area contributed by atoms with E-state index in [1.807, 2.05) is 0 Å². The molecule has 5 unspecified atom stereocenters. The number of carbonyl (C=O) groups excluding carboxylic acids is 4. The smallest absolute Gasteiger partial charge is 0.462 e. The molecule has 19 heteroatoms. The van der Waals surface area contributed by atoms with Crippen LogP contribution in [0.4, 0.5) is 0 Å². The third kappa shape index (κ3) is 72.8. The highest BCUT2D eigenvalue weighted by Gasteiger charge is 2.30. The lowest BCUT2D eigenvalue weighted by Gasteiger charge is -2.21. The molecule has 5 atom stereocenters. The van der Waals surface area contributed by atoms with Crippen LogP contribution >= 0.6 is 15.6 Å². The molecule has 0 saturated heterocycles. The molecule has 0 rings (SSSR count). The van der Waals surface area contributed by atoms with Gasteiger partial charge in [-0.2, -0.15) is 0 Å². The zero-order valence-corrected chi connectivity index (χ0v) is 65.4. The van der Waals surface area contributed by atoms with Crippen molar-refractivity contribution in [3.63, 3.8) is 0 Å². The lowest BCUT2D eigenvalue weighted by molar-refractivity contribution is -0.161. The Labute approximate surface area is 609 Å². The van der Waals surface area contributed by atoms with E-state index in [4.69, 9.17) is 37.0 Å². The molecule has 0 aromatic heterocycles. The number of unbranched alkanes of at least 4 members (excludes halogenated alkanes) is 38. The molecule has 17 nitrogen and oxygen atoms in total. The molecule has 100 heavy (non-hydrogen) atoms. The molecule has 0 aliphatic carbocycles. The van der Waals surface area contributed by atoms with Crippen molar-refractivity contribution in [2.45, 2.75) is 380 Å². The molecule has 0 heterocycles. The van der Waals surface area contributed by atoms with Crippen molar-refractivity contribution in [1.82, 2.24) is 0 Å². The van der Waals surface area contributed by atoms with Crippen LogP contribution in [0, 0.1) is 0 Å². The maximum Gasteiger partial charge on any atom is 0.472 e. The Morgan fingerprint density at radius 1 is 0.280 bits per heavy atom. The second-order valence-electron chi connectivity index (χ2n) is 27.0. The molecule has 0 aliphatic heterocycles. The van der Waals surface area contributed by atoms with Crippen molar-refractivity contribution >= 4 is 39.5 Å². The van der Waals surface area contributed by atoms with E-state index in [2.05, 4.69) is 101 Å². The average Bonchev–Trinajstić information content (AvgIpc) is 1.01. The SMILES string of the molecule is CCCCCC=CCC=CCCCCCCCC(=O)OCC(COP(=O)(O)OCC(O)COP(=O)(O)OCC(COC(=O)CCCCCCCC=CCCCCCCCC)OC(=O)CCCCCCCC=CCCCCCCCC)OC(=O)CCCCCCCC=CCC=CCCCCC. The van der Waals surface area contributed by atoms with Gasteiger partial charge in [0, 0.05) is 25.7 Å². The molecule has 0 saturated carbocycles. The fourth-order valence-electron chi connectivity index (χ4n) is 10.9. The van der Waals surface area contributed by atoms with Gasteiger partial charge in [-0.15, -0.1) is 0 Å². The van der Waals surface area contributed by atoms with Crippen molar-refractivity contribution in [2.75, 3.05) is 39.6 Å². The van der Waals surface area contributed by atoms with E-state index in [-0.39, 0.29) is 25.7 Å². The van der Waals surface area contributed by atoms with Crippen LogP contribution in [0.25, 0.3) is 0 Å². The normalized spacial score (nSPS) is 14.3. The van der Waals surface area contributed by atoms with Crippen LogP contribution in [0.15, 0.2) is 72.9 Å². The first-order valence-corrected chi connectivity index (χ1v) is 43.2. The molecule has 0 aromatic rings. The average molecular weight is 1450 g/mol. The van der Waals surface area contributed by atoms with Gasteiger partial charge in [0.2, 0.25) is 0 Å². The number of esters is 4. The van der Waals surface area contributed by atoms with Crippen LogP contribution in [-0.4, -0.2) is 96.7 Å². The van der Waals surface area contributed by atoms with Gasteiger partial charge in [-0.3, -0.25) is 37.3 Å². The number of aliphatic hydroxyl groups excluding tert-OH is 1. The van der Waals surface area contributed by atoms with Gasteiger partial charge in [-0.1, -0.05) is 268 Å². The van der Waals surface area contributed by atoms with Gasteiger partial charge in [-0.25, -0.2) is 9.13 Å². The minimum atomic E-state index is -4.98. The largest absolute Gasteiger partial charge is 0.472 e. The van der Waals surface area contributed by atoms with E-state index in [1.165, 1.54) is 116 Å². The van der Waals surface area contributed by atoms with Crippen LogP contribution in [-0.2, 0) is 65.4 Å². The van der Waals surface area contributed by atoms with Crippen molar-refractivity contribution in [3.8, 4) is 0 Å². The third-order valence-electron chi connectivity index (χ3n) is 17.1. The lowest BCUT2D eigenvalue weighted by Crippen LogP contribution is -2.30. The maximum atomic E-state index is 13.1. The molecule has 582 valence electrons. The summed E-state index contributed by atoms with van der Waals surface area (Å²) in [5.74, 6) is -2.20. The Morgan fingerprint density at radius 2 is 0.490 bits per heavy atom. The highest BCUT2D eigenvalue weighted by atomic mass is 31.2. The van der Waals surface area contributed by atoms with Gasteiger partial charge >= 0.3 is 39.5 Å². The highest BCUT2D eigenvalue weighted by molar-refractivity contribution is 7.47. The number of hydrogen-bond donors (Lipinski definition) is 3. The first-order valence-electron chi connectivity index (χ1n) is 40.2. The first kappa shape index (κ1) is 96.5. The van der Waals surface area contributed by atoms with Gasteiger partial charge in [-0.05, 0) is 141 Å². The minimum absolute atomic E-state index is 0.0779. The van der Waals surface area contributed by atoms with Gasteiger partial charge in [0.15, 0.2) is 12.2 Å². The molecule has 0 spiro atoms. The molecule has 0 fully saturated rings. The molecule has 0 amide bonds. The third-order valence-corrected chi connectivity index (χ3v) is 19.0. The summed E-state index contributed by atoms with van der Waals surface area (Å²) >= 11 is 0. The summed E-state index contributed by atoms with van der Waals surface area (Å²) in [5, 5.41) is 10.6. The van der Waals surface area contributed by atoms with Crippen LogP contribution < -0.4 is 0 Å². The second kappa shape index (κ2) is 73.8. The Balaban J connectivity index is 5.37. The number of phosphoric ester groups is 2. The summed E-state index contributed by atoms with van der Waals surface area (Å²) in [6.45, 7) is 4.82. The fraction of sp³-hybridized carbons (Fsp3) is 0.802. The zero-order chi connectivity index (χ0) is 73.2. The fourth-order valence-corrected chi connectivity index (χ4v) is 12.5. The number of allylic oxidation sites excluding steroid dienone is 12. The summed E-state index contributed by atoms with van der Waals surface area (Å²) in [6.07, 6.45) is 74.4. The topological polar surface area (TPSA) is 237 Å². The summed E-state index contributed by atoms with van der Waals surface area (Å²) in [6, 6.07) is 0. The van der Waals surface area contributed by atoms with E-state index in [0.29, 0.717) is 25.7 Å². The molecule has 0 aromatic carbocycles. The van der Waals surface area contributed by atoms with Gasteiger partial charge < -0.3 is 33.8 Å². The minimum Gasteiger partial charge on any atom is -0.462 e. The number of ether oxygens (including phenoxy) is 4. The number of phosphoric acid groups is 2. The predicted octanol–water partition coefficient (Wildman–Crippen LogP) is 23.2. The molecule has 0 radical (unpaired) electrons. The lowest BCUT2D eigenvalue weighted by atomic mass is 10.1. The molecular weight excluding hydrogens is 1310 g/mol. The summed E-state index contributed by atoms with van der Waals surface area (Å²) in [5.41, 5.74) is 0. The van der Waals surface area contributed by atoms with E-state index < -0.39 is 97.5 Å². The van der Waals surface area contributed by atoms with Crippen LogP contribution in [0.2, 0.25) is 0 Å². The molecule has 0 aliphatic rings. The summed E-state index contributed by atoms with van der Waals surface area (Å²) in [7, 11) is -9.96. The predicted molar refractivity (Wildman–Crippen MR) is 409 cm³/mol. The van der Waals surface area contributed by atoms with Crippen molar-refractivity contribution in [2.24, 2.45) is 0 Å². The van der Waals surface area contributed by atoms with Gasteiger partial charge in [0.25, 0.3) is 0 Å². The van der Waals surface area contributed by atoms with Crippen LogP contribution in [0.1, 0.15) is 362 Å². The standard InChI is InChI=1S/C81H146O17P2/c1-5-9-13-17-21-25-29-33-37-41-45-49-53-57-61-65-78(83)91-71-76(97-80(85)67-63-59-55-51-47-43-39-35-31-27-23-19-15-11-7-3)73-95-99(87,88)93-69-75(82)70-94-100(89,90)96-74-77(98-81(86)68-64-60-56-52-48-44-40-36-32-28-24-20-16-12-8-4)72-92-79(84)66-62-58-54-50-46-42-38-34-30-26-22-18-14-10-6-2/h21,23,25,27,33-40,75-77,82H,5-20,22,24,26,28-32,41-74H2,1-4H3,(H,87,88)(H,89,90). The van der Waals surface area contributed by atoms with Crippen LogP contribution in [0.5, 0.6) is 0 Å².